The molecule has 2 aromatic carbocycles. The molecule has 31 heavy (non-hydrogen) atoms. The number of nitrogens with zero attached hydrogens (tertiary/aromatic N) is 5. The van der Waals surface area contributed by atoms with E-state index >= 15 is 0 Å². The Bertz CT molecular complexity index is 1030. The number of guanidine groups is 1. The van der Waals surface area contributed by atoms with Gasteiger partial charge in [-0.25, -0.2) is 14.2 Å². The van der Waals surface area contributed by atoms with Crippen LogP contribution in [0.15, 0.2) is 59.6 Å². The van der Waals surface area contributed by atoms with Crippen molar-refractivity contribution in [1.82, 2.24) is 14.7 Å². The number of halogens is 1. The minimum Gasteiger partial charge on any atom is -0.325 e. The predicted molar refractivity (Wildman–Crippen MR) is 115 cm³/mol. The van der Waals surface area contributed by atoms with Crippen molar-refractivity contribution < 1.29 is 14.0 Å². The Labute approximate surface area is 180 Å². The van der Waals surface area contributed by atoms with Gasteiger partial charge < -0.3 is 14.7 Å². The highest BCUT2D eigenvalue weighted by atomic mass is 19.1. The zero-order valence-electron chi connectivity index (χ0n) is 17.3. The first-order valence-corrected chi connectivity index (χ1v) is 10.5. The summed E-state index contributed by atoms with van der Waals surface area (Å²) in [6.45, 7) is 1.67. The van der Waals surface area contributed by atoms with E-state index in [0.717, 1.165) is 12.1 Å². The van der Waals surface area contributed by atoms with Gasteiger partial charge in [0.1, 0.15) is 5.82 Å². The quantitative estimate of drug-likeness (QED) is 0.745. The fourth-order valence-corrected chi connectivity index (χ4v) is 4.59. The molecule has 3 aliphatic heterocycles. The van der Waals surface area contributed by atoms with E-state index in [1.165, 1.54) is 22.6 Å². The highest BCUT2D eigenvalue weighted by Crippen LogP contribution is 2.33. The van der Waals surface area contributed by atoms with Crippen LogP contribution < -0.4 is 4.90 Å². The number of benzene rings is 2. The van der Waals surface area contributed by atoms with E-state index < -0.39 is 12.2 Å². The largest absolute Gasteiger partial charge is 0.328 e. The number of anilines is 1. The monoisotopic (exact) mass is 421 g/mol. The second kappa shape index (κ2) is 7.68. The Morgan fingerprint density at radius 1 is 1.03 bits per heavy atom. The van der Waals surface area contributed by atoms with Gasteiger partial charge >= 0.3 is 6.03 Å². The number of amides is 3. The van der Waals surface area contributed by atoms with Crippen LogP contribution in [0.3, 0.4) is 0 Å². The summed E-state index contributed by atoms with van der Waals surface area (Å²) in [5, 5.41) is 0. The van der Waals surface area contributed by atoms with E-state index in [1.54, 1.807) is 24.1 Å². The number of aliphatic imine (C=N–C) groups is 1. The summed E-state index contributed by atoms with van der Waals surface area (Å²) in [6.07, 6.45) is 0.977. The maximum atomic E-state index is 13.3. The number of fused-ring (bicyclic) bond motifs is 3. The lowest BCUT2D eigenvalue weighted by molar-refractivity contribution is -0.137. The lowest BCUT2D eigenvalue weighted by Crippen LogP contribution is -2.64. The van der Waals surface area contributed by atoms with Crippen LogP contribution in [0.1, 0.15) is 12.0 Å². The van der Waals surface area contributed by atoms with Crippen molar-refractivity contribution in [3.63, 3.8) is 0 Å². The number of carbonyl (C=O) groups is 2. The van der Waals surface area contributed by atoms with Gasteiger partial charge in [-0.3, -0.25) is 9.69 Å². The van der Waals surface area contributed by atoms with E-state index in [1.807, 2.05) is 40.1 Å². The highest BCUT2D eigenvalue weighted by Gasteiger charge is 2.54. The molecule has 3 amide bonds. The molecule has 3 aliphatic rings. The molecule has 0 radical (unpaired) electrons. The van der Waals surface area contributed by atoms with Crippen molar-refractivity contribution in [1.29, 1.82) is 0 Å². The number of rotatable bonds is 5. The zero-order chi connectivity index (χ0) is 21.5. The molecule has 7 nitrogen and oxygen atoms in total. The Morgan fingerprint density at radius 2 is 1.77 bits per heavy atom. The number of likely N-dealkylation sites (N-methyl/N-ethyl adjacent to an activating group) is 1. The normalized spacial score (nSPS) is 22.7. The molecule has 0 aliphatic carbocycles. The van der Waals surface area contributed by atoms with Gasteiger partial charge in [0.25, 0.3) is 5.91 Å². The number of urea groups is 1. The lowest BCUT2D eigenvalue weighted by atomic mass is 10.1. The van der Waals surface area contributed by atoms with Gasteiger partial charge in [-0.15, -0.1) is 0 Å². The maximum absolute atomic E-state index is 13.3. The SMILES string of the molecule is CN1C(=O)N(CCCc2ccccc2)C(=O)C2C1N=C1N(c3ccc(F)cc3)CCN12. The number of hydrogen-bond acceptors (Lipinski definition) is 5. The first-order valence-electron chi connectivity index (χ1n) is 10.5. The van der Waals surface area contributed by atoms with E-state index in [2.05, 4.69) is 0 Å². The van der Waals surface area contributed by atoms with Gasteiger partial charge in [0.05, 0.1) is 0 Å². The van der Waals surface area contributed by atoms with Crippen LogP contribution >= 0.6 is 0 Å². The second-order valence-electron chi connectivity index (χ2n) is 8.08. The average Bonchev–Trinajstić information content (AvgIpc) is 3.35. The fourth-order valence-electron chi connectivity index (χ4n) is 4.59. The average molecular weight is 421 g/mol. The molecule has 8 heteroatoms. The summed E-state index contributed by atoms with van der Waals surface area (Å²) in [7, 11) is 1.70. The van der Waals surface area contributed by atoms with Crippen LogP contribution in [-0.2, 0) is 11.2 Å². The van der Waals surface area contributed by atoms with Gasteiger partial charge in [-0.05, 0) is 42.7 Å². The van der Waals surface area contributed by atoms with E-state index in [-0.39, 0.29) is 17.8 Å². The minimum absolute atomic E-state index is 0.194. The lowest BCUT2D eigenvalue weighted by Gasteiger charge is -2.40. The number of carbonyl (C=O) groups excluding carboxylic acids is 2. The molecule has 0 saturated carbocycles. The summed E-state index contributed by atoms with van der Waals surface area (Å²) in [6, 6.07) is 15.5. The Hall–Kier alpha value is -3.42. The zero-order valence-corrected chi connectivity index (χ0v) is 17.3. The standard InChI is InChI=1S/C23H24FN5O2/c1-26-20-19(21(30)29(23(26)31)13-5-8-16-6-3-2-4-7-16)28-15-14-27(22(28)25-20)18-11-9-17(24)10-12-18/h2-4,6-7,9-12,19-20H,5,8,13-15H2,1H3. The first kappa shape index (κ1) is 19.5. The second-order valence-corrected chi connectivity index (χ2v) is 8.08. The number of hydrogen-bond donors (Lipinski definition) is 0. The summed E-state index contributed by atoms with van der Waals surface area (Å²) in [5.41, 5.74) is 2.01. The van der Waals surface area contributed by atoms with Crippen molar-refractivity contribution in [3.8, 4) is 0 Å². The van der Waals surface area contributed by atoms with Gasteiger partial charge in [-0.1, -0.05) is 30.3 Å². The van der Waals surface area contributed by atoms with E-state index in [4.69, 9.17) is 4.99 Å². The topological polar surface area (TPSA) is 59.5 Å². The van der Waals surface area contributed by atoms with Gasteiger partial charge in [0.2, 0.25) is 5.96 Å². The Kier molecular flexibility index (Phi) is 4.84. The smallest absolute Gasteiger partial charge is 0.325 e. The van der Waals surface area contributed by atoms with Crippen LogP contribution in [0.4, 0.5) is 14.9 Å². The molecule has 160 valence electrons. The van der Waals surface area contributed by atoms with Crippen LogP contribution in [0.2, 0.25) is 0 Å². The minimum atomic E-state index is -0.538. The van der Waals surface area contributed by atoms with Crippen molar-refractivity contribution in [2.24, 2.45) is 4.99 Å². The third-order valence-corrected chi connectivity index (χ3v) is 6.21. The molecule has 5 rings (SSSR count). The molecule has 2 aromatic rings. The molecular weight excluding hydrogens is 397 g/mol. The highest BCUT2D eigenvalue weighted by molar-refractivity contribution is 6.07. The van der Waals surface area contributed by atoms with Crippen LogP contribution in [0.25, 0.3) is 0 Å². The molecule has 2 fully saturated rings. The third-order valence-electron chi connectivity index (χ3n) is 6.21. The van der Waals surface area contributed by atoms with Crippen molar-refractivity contribution in [2.75, 3.05) is 31.6 Å². The van der Waals surface area contributed by atoms with Gasteiger partial charge in [0.15, 0.2) is 12.2 Å². The van der Waals surface area contributed by atoms with Crippen molar-refractivity contribution in [3.05, 3.63) is 66.0 Å². The summed E-state index contributed by atoms with van der Waals surface area (Å²) in [4.78, 5) is 37.9. The number of imide groups is 1. The molecule has 0 aromatic heterocycles. The third kappa shape index (κ3) is 3.32. The molecule has 2 saturated heterocycles. The van der Waals surface area contributed by atoms with Crippen molar-refractivity contribution in [2.45, 2.75) is 25.0 Å². The van der Waals surface area contributed by atoms with Crippen LogP contribution in [0.5, 0.6) is 0 Å². The van der Waals surface area contributed by atoms with E-state index in [9.17, 15) is 14.0 Å². The fraction of sp³-hybridized carbons (Fsp3) is 0.348. The van der Waals surface area contributed by atoms with E-state index in [0.29, 0.717) is 32.0 Å². The molecule has 3 heterocycles. The predicted octanol–water partition coefficient (Wildman–Crippen LogP) is 2.54. The summed E-state index contributed by atoms with van der Waals surface area (Å²) >= 11 is 0. The first-order chi connectivity index (χ1) is 15.0. The molecule has 2 atom stereocenters. The van der Waals surface area contributed by atoms with Crippen LogP contribution in [0, 0.1) is 5.82 Å². The van der Waals surface area contributed by atoms with Crippen molar-refractivity contribution >= 4 is 23.6 Å². The summed E-state index contributed by atoms with van der Waals surface area (Å²) in [5.74, 6) is 0.176. The number of aryl methyl sites for hydroxylation is 1. The molecule has 0 spiro atoms. The summed E-state index contributed by atoms with van der Waals surface area (Å²) < 4.78 is 13.3. The van der Waals surface area contributed by atoms with Gasteiger partial charge in [-0.2, -0.15) is 0 Å². The molecule has 0 N–H and O–H groups in total. The molecule has 0 bridgehead atoms. The Balaban J connectivity index is 1.33. The van der Waals surface area contributed by atoms with Crippen LogP contribution in [-0.4, -0.2) is 71.5 Å². The molecule has 2 unspecified atom stereocenters. The molecular formula is C23H24FN5O2. The maximum Gasteiger partial charge on any atom is 0.328 e. The Morgan fingerprint density at radius 3 is 2.52 bits per heavy atom. The van der Waals surface area contributed by atoms with Gasteiger partial charge in [0, 0.05) is 32.4 Å².